The molecule has 0 radical (unpaired) electrons. The van der Waals surface area contributed by atoms with E-state index in [0.717, 1.165) is 5.56 Å². The van der Waals surface area contributed by atoms with Crippen molar-refractivity contribution in [3.8, 4) is 0 Å². The molecule has 0 bridgehead atoms. The molecule has 3 heterocycles. The third-order valence-electron chi connectivity index (χ3n) is 5.86. The van der Waals surface area contributed by atoms with Gasteiger partial charge in [-0.15, -0.1) is 0 Å². The number of pyridine rings is 1. The van der Waals surface area contributed by atoms with Crippen molar-refractivity contribution in [2.75, 3.05) is 39.9 Å². The molecule has 1 fully saturated rings. The number of fused-ring (bicyclic) bond motifs is 1. The van der Waals surface area contributed by atoms with Gasteiger partial charge in [-0.25, -0.2) is 9.97 Å². The molecule has 3 aromatic rings. The van der Waals surface area contributed by atoms with Crippen LogP contribution in [0.5, 0.6) is 0 Å². The number of aromatic nitrogens is 3. The molecule has 9 nitrogen and oxygen atoms in total. The van der Waals surface area contributed by atoms with E-state index in [1.807, 2.05) is 31.2 Å². The number of ether oxygens (including phenoxy) is 1. The Morgan fingerprint density at radius 2 is 1.70 bits per heavy atom. The highest BCUT2D eigenvalue weighted by molar-refractivity contribution is 5.96. The first-order chi connectivity index (χ1) is 16.0. The molecular formula is C24H27N5O4. The van der Waals surface area contributed by atoms with E-state index < -0.39 is 11.5 Å². The predicted octanol–water partition coefficient (Wildman–Crippen LogP) is 1.73. The van der Waals surface area contributed by atoms with Crippen molar-refractivity contribution in [1.82, 2.24) is 24.3 Å². The monoisotopic (exact) mass is 449 g/mol. The van der Waals surface area contributed by atoms with Crippen molar-refractivity contribution in [3.63, 3.8) is 0 Å². The maximum absolute atomic E-state index is 13.2. The first kappa shape index (κ1) is 22.6. The highest BCUT2D eigenvalue weighted by Crippen LogP contribution is 2.14. The van der Waals surface area contributed by atoms with Crippen molar-refractivity contribution >= 4 is 23.0 Å². The molecule has 4 rings (SSSR count). The van der Waals surface area contributed by atoms with Gasteiger partial charge in [-0.3, -0.25) is 19.0 Å². The van der Waals surface area contributed by atoms with Gasteiger partial charge in [-0.2, -0.15) is 0 Å². The number of piperazine rings is 1. The van der Waals surface area contributed by atoms with Gasteiger partial charge in [0.2, 0.25) is 0 Å². The number of carbonyl (C=O) groups is 2. The van der Waals surface area contributed by atoms with Gasteiger partial charge in [0.25, 0.3) is 17.4 Å². The molecule has 0 N–H and O–H groups in total. The van der Waals surface area contributed by atoms with E-state index in [0.29, 0.717) is 62.5 Å². The summed E-state index contributed by atoms with van der Waals surface area (Å²) < 4.78 is 6.59. The number of amides is 2. The van der Waals surface area contributed by atoms with Gasteiger partial charge < -0.3 is 14.5 Å². The second-order valence-corrected chi connectivity index (χ2v) is 8.01. The molecule has 1 aliphatic heterocycles. The lowest BCUT2D eigenvalue weighted by molar-refractivity contribution is 0.0530. The van der Waals surface area contributed by atoms with Crippen LogP contribution in [-0.4, -0.2) is 76.0 Å². The fourth-order valence-electron chi connectivity index (χ4n) is 4.04. The molecule has 9 heteroatoms. The second kappa shape index (κ2) is 9.91. The fourth-order valence-corrected chi connectivity index (χ4v) is 4.04. The van der Waals surface area contributed by atoms with Gasteiger partial charge in [0, 0.05) is 58.2 Å². The van der Waals surface area contributed by atoms with E-state index in [2.05, 4.69) is 9.97 Å². The lowest BCUT2D eigenvalue weighted by atomic mass is 10.1. The summed E-state index contributed by atoms with van der Waals surface area (Å²) in [5.41, 5.74) is 1.95. The molecule has 1 saturated heterocycles. The minimum absolute atomic E-state index is 0.0457. The highest BCUT2D eigenvalue weighted by atomic mass is 16.5. The number of aryl methyl sites for hydroxylation is 2. The Morgan fingerprint density at radius 1 is 1.00 bits per heavy atom. The summed E-state index contributed by atoms with van der Waals surface area (Å²) in [6, 6.07) is 10.9. The molecule has 2 aromatic heterocycles. The van der Waals surface area contributed by atoms with Crippen molar-refractivity contribution in [2.24, 2.45) is 0 Å². The average molecular weight is 450 g/mol. The van der Waals surface area contributed by atoms with Gasteiger partial charge in [0.1, 0.15) is 5.52 Å². The van der Waals surface area contributed by atoms with Gasteiger partial charge in [-0.05, 0) is 37.1 Å². The van der Waals surface area contributed by atoms with Crippen molar-refractivity contribution in [3.05, 3.63) is 69.8 Å². The maximum atomic E-state index is 13.2. The maximum Gasteiger partial charge on any atom is 0.283 e. The van der Waals surface area contributed by atoms with Gasteiger partial charge in [-0.1, -0.05) is 18.2 Å². The zero-order valence-corrected chi connectivity index (χ0v) is 18.9. The molecule has 0 saturated carbocycles. The minimum atomic E-state index is -0.458. The van der Waals surface area contributed by atoms with E-state index >= 15 is 0 Å². The fraction of sp³-hybridized carbons (Fsp3) is 0.375. The number of benzene rings is 1. The Labute approximate surface area is 191 Å². The quantitative estimate of drug-likeness (QED) is 0.532. The van der Waals surface area contributed by atoms with E-state index in [1.54, 1.807) is 35.2 Å². The summed E-state index contributed by atoms with van der Waals surface area (Å²) >= 11 is 0. The van der Waals surface area contributed by atoms with Crippen LogP contribution >= 0.6 is 0 Å². The van der Waals surface area contributed by atoms with E-state index in [9.17, 15) is 14.4 Å². The summed E-state index contributed by atoms with van der Waals surface area (Å²) in [5.74, 6) is -0.468. The molecule has 0 unspecified atom stereocenters. The summed E-state index contributed by atoms with van der Waals surface area (Å²) in [6.45, 7) is 4.25. The third-order valence-corrected chi connectivity index (χ3v) is 5.86. The van der Waals surface area contributed by atoms with Crippen molar-refractivity contribution in [2.45, 2.75) is 19.9 Å². The number of methoxy groups -OCH3 is 1. The van der Waals surface area contributed by atoms with Gasteiger partial charge in [0.15, 0.2) is 11.3 Å². The van der Waals surface area contributed by atoms with Crippen LogP contribution in [0.15, 0.2) is 47.4 Å². The normalized spacial score (nSPS) is 14.0. The number of nitrogens with zero attached hydrogens (tertiary/aromatic N) is 5. The van der Waals surface area contributed by atoms with Crippen LogP contribution in [0.1, 0.15) is 32.8 Å². The van der Waals surface area contributed by atoms with E-state index in [4.69, 9.17) is 4.74 Å². The zero-order valence-electron chi connectivity index (χ0n) is 18.9. The van der Waals surface area contributed by atoms with Crippen LogP contribution in [0.3, 0.4) is 0 Å². The topological polar surface area (TPSA) is 97.6 Å². The molecule has 0 spiro atoms. The number of rotatable bonds is 6. The Morgan fingerprint density at radius 3 is 2.39 bits per heavy atom. The van der Waals surface area contributed by atoms with Crippen molar-refractivity contribution in [1.29, 1.82) is 0 Å². The first-order valence-electron chi connectivity index (χ1n) is 11.0. The summed E-state index contributed by atoms with van der Waals surface area (Å²) in [7, 11) is 1.60. The smallest absolute Gasteiger partial charge is 0.283 e. The predicted molar refractivity (Wildman–Crippen MR) is 123 cm³/mol. The van der Waals surface area contributed by atoms with Crippen LogP contribution in [0.4, 0.5) is 0 Å². The standard InChI is InChI=1S/C24H27N5O4/c1-17-7-3-4-8-18(17)22(30)27-12-14-28(15-13-27)23(31)20-24(32)29(11-6-16-33-2)21-19(26-20)9-5-10-25-21/h3-5,7-10H,6,11-16H2,1-2H3. The average Bonchev–Trinajstić information content (AvgIpc) is 2.85. The molecule has 172 valence electrons. The van der Waals surface area contributed by atoms with Crippen LogP contribution in [0.2, 0.25) is 0 Å². The number of hydrogen-bond donors (Lipinski definition) is 0. The van der Waals surface area contributed by atoms with Crippen LogP contribution in [0.25, 0.3) is 11.2 Å². The number of hydrogen-bond acceptors (Lipinski definition) is 6. The lowest BCUT2D eigenvalue weighted by Crippen LogP contribution is -2.51. The SMILES string of the molecule is COCCCn1c(=O)c(C(=O)N2CCN(C(=O)c3ccccc3C)CC2)nc2cccnc21. The Balaban J connectivity index is 1.53. The summed E-state index contributed by atoms with van der Waals surface area (Å²) in [5, 5.41) is 0. The van der Waals surface area contributed by atoms with Crippen molar-refractivity contribution < 1.29 is 14.3 Å². The third kappa shape index (κ3) is 4.63. The number of carbonyl (C=O) groups excluding carboxylic acids is 2. The van der Waals surface area contributed by atoms with Crippen LogP contribution in [0, 0.1) is 6.92 Å². The first-order valence-corrected chi connectivity index (χ1v) is 11.0. The van der Waals surface area contributed by atoms with E-state index in [1.165, 1.54) is 4.57 Å². The van der Waals surface area contributed by atoms with Crippen LogP contribution < -0.4 is 5.56 Å². The summed E-state index contributed by atoms with van der Waals surface area (Å²) in [4.78, 5) is 51.3. The molecule has 33 heavy (non-hydrogen) atoms. The lowest BCUT2D eigenvalue weighted by Gasteiger charge is -2.34. The molecule has 0 atom stereocenters. The van der Waals surface area contributed by atoms with Gasteiger partial charge in [0.05, 0.1) is 0 Å². The second-order valence-electron chi connectivity index (χ2n) is 8.01. The largest absolute Gasteiger partial charge is 0.385 e. The van der Waals surface area contributed by atoms with Gasteiger partial charge >= 0.3 is 0 Å². The molecule has 1 aliphatic rings. The zero-order chi connectivity index (χ0) is 23.4. The molecular weight excluding hydrogens is 422 g/mol. The molecule has 1 aromatic carbocycles. The molecule has 2 amide bonds. The van der Waals surface area contributed by atoms with E-state index in [-0.39, 0.29) is 11.6 Å². The Hall–Kier alpha value is -3.59. The highest BCUT2D eigenvalue weighted by Gasteiger charge is 2.29. The minimum Gasteiger partial charge on any atom is -0.385 e. The summed E-state index contributed by atoms with van der Waals surface area (Å²) in [6.07, 6.45) is 2.21. The Bertz CT molecular complexity index is 1230. The van der Waals surface area contributed by atoms with Crippen LogP contribution in [-0.2, 0) is 11.3 Å². The Kier molecular flexibility index (Phi) is 6.79. The molecule has 0 aliphatic carbocycles.